The van der Waals surface area contributed by atoms with Crippen molar-refractivity contribution >= 4 is 28.8 Å². The number of non-ortho nitro benzene ring substituents is 1. The van der Waals surface area contributed by atoms with Crippen LogP contribution >= 0.6 is 0 Å². The van der Waals surface area contributed by atoms with Gasteiger partial charge in [0.2, 0.25) is 0 Å². The molecular formula is C13H10N6O4. The summed E-state index contributed by atoms with van der Waals surface area (Å²) in [5, 5.41) is 19.9. The van der Waals surface area contributed by atoms with Crippen LogP contribution in [-0.2, 0) is 0 Å². The Kier molecular flexibility index (Phi) is 3.33. The maximum absolute atomic E-state index is 11.2. The molecule has 0 radical (unpaired) electrons. The van der Waals surface area contributed by atoms with Crippen LogP contribution in [0.4, 0.5) is 16.3 Å². The van der Waals surface area contributed by atoms with Gasteiger partial charge in [0, 0.05) is 24.9 Å². The fourth-order valence-corrected chi connectivity index (χ4v) is 2.11. The van der Waals surface area contributed by atoms with Crippen LogP contribution in [0.3, 0.4) is 0 Å². The molecule has 0 atom stereocenters. The van der Waals surface area contributed by atoms with Crippen LogP contribution in [0.1, 0.15) is 0 Å². The van der Waals surface area contributed by atoms with E-state index in [9.17, 15) is 14.9 Å². The van der Waals surface area contributed by atoms with E-state index in [1.807, 2.05) is 0 Å². The van der Waals surface area contributed by atoms with Crippen LogP contribution in [0, 0.1) is 10.1 Å². The van der Waals surface area contributed by atoms with Gasteiger partial charge in [-0.15, -0.1) is 0 Å². The van der Waals surface area contributed by atoms with E-state index in [4.69, 9.17) is 5.11 Å². The van der Waals surface area contributed by atoms with Gasteiger partial charge in [-0.25, -0.2) is 19.7 Å². The molecule has 2 heterocycles. The van der Waals surface area contributed by atoms with Gasteiger partial charge in [0.05, 0.1) is 4.92 Å². The number of rotatable bonds is 3. The van der Waals surface area contributed by atoms with Gasteiger partial charge in [-0.2, -0.15) is 0 Å². The highest BCUT2D eigenvalue weighted by Gasteiger charge is 2.19. The largest absolute Gasteiger partial charge is 0.465 e. The number of benzene rings is 1. The zero-order valence-corrected chi connectivity index (χ0v) is 11.8. The highest BCUT2D eigenvalue weighted by atomic mass is 16.6. The molecule has 0 spiro atoms. The Labute approximate surface area is 128 Å². The second-order valence-electron chi connectivity index (χ2n) is 4.60. The van der Waals surface area contributed by atoms with Crippen molar-refractivity contribution in [2.24, 2.45) is 0 Å². The summed E-state index contributed by atoms with van der Waals surface area (Å²) in [6.45, 7) is 0. The minimum Gasteiger partial charge on any atom is -0.465 e. The van der Waals surface area contributed by atoms with Crippen molar-refractivity contribution in [2.75, 3.05) is 11.9 Å². The molecule has 116 valence electrons. The number of fused-ring (bicyclic) bond motifs is 1. The van der Waals surface area contributed by atoms with E-state index in [0.717, 1.165) is 4.90 Å². The van der Waals surface area contributed by atoms with Crippen molar-refractivity contribution < 1.29 is 14.8 Å². The summed E-state index contributed by atoms with van der Waals surface area (Å²) in [4.78, 5) is 34.5. The molecule has 0 unspecified atom stereocenters. The first-order valence-electron chi connectivity index (χ1n) is 6.38. The molecule has 0 aliphatic carbocycles. The molecule has 0 aliphatic rings. The molecule has 3 rings (SSSR count). The summed E-state index contributed by atoms with van der Waals surface area (Å²) in [6.07, 6.45) is 1.51. The van der Waals surface area contributed by atoms with Crippen LogP contribution in [0.25, 0.3) is 16.9 Å². The zero-order valence-electron chi connectivity index (χ0n) is 11.8. The third kappa shape index (κ3) is 2.41. The van der Waals surface area contributed by atoms with Gasteiger partial charge in [-0.1, -0.05) is 0 Å². The van der Waals surface area contributed by atoms with E-state index in [0.29, 0.717) is 16.9 Å². The number of carbonyl (C=O) groups is 1. The number of nitrogens with zero attached hydrogens (tertiary/aromatic N) is 6. The molecule has 3 aromatic rings. The average Bonchev–Trinajstić information content (AvgIpc) is 2.98. The smallest absolute Gasteiger partial charge is 0.412 e. The lowest BCUT2D eigenvalue weighted by Gasteiger charge is -2.14. The standard InChI is InChI=1S/C13H10N6O4/c1-17(13(20)21)12-10-11(14-6-15-12)16-7-18(10)8-2-4-9(5-3-8)19(22)23/h2-7H,1H3,(H,20,21). The number of carboxylic acid groups (broad SMARTS) is 1. The third-order valence-corrected chi connectivity index (χ3v) is 3.26. The second-order valence-corrected chi connectivity index (χ2v) is 4.60. The molecule has 0 saturated carbocycles. The maximum atomic E-state index is 11.2. The highest BCUT2D eigenvalue weighted by Crippen LogP contribution is 2.25. The predicted molar refractivity (Wildman–Crippen MR) is 79.7 cm³/mol. The topological polar surface area (TPSA) is 127 Å². The van der Waals surface area contributed by atoms with Gasteiger partial charge in [0.1, 0.15) is 18.2 Å². The minimum absolute atomic E-state index is 0.0442. The molecule has 0 aliphatic heterocycles. The Morgan fingerprint density at radius 2 is 1.96 bits per heavy atom. The molecule has 0 saturated heterocycles. The number of hydrogen-bond donors (Lipinski definition) is 1. The Morgan fingerprint density at radius 3 is 2.57 bits per heavy atom. The van der Waals surface area contributed by atoms with Crippen LogP contribution in [0.15, 0.2) is 36.9 Å². The fourth-order valence-electron chi connectivity index (χ4n) is 2.11. The second kappa shape index (κ2) is 5.33. The number of anilines is 1. The summed E-state index contributed by atoms with van der Waals surface area (Å²) < 4.78 is 1.58. The number of nitro benzene ring substituents is 1. The van der Waals surface area contributed by atoms with Crippen LogP contribution in [0.2, 0.25) is 0 Å². The molecule has 1 N–H and O–H groups in total. The molecule has 0 bridgehead atoms. The first-order chi connectivity index (χ1) is 11.0. The van der Waals surface area contributed by atoms with Gasteiger partial charge >= 0.3 is 6.09 Å². The van der Waals surface area contributed by atoms with Gasteiger partial charge in [0.15, 0.2) is 11.5 Å². The highest BCUT2D eigenvalue weighted by molar-refractivity contribution is 5.95. The molecule has 1 amide bonds. The molecule has 2 aromatic heterocycles. The van der Waals surface area contributed by atoms with E-state index in [1.165, 1.54) is 44.0 Å². The zero-order chi connectivity index (χ0) is 16.6. The summed E-state index contributed by atoms with van der Waals surface area (Å²) in [7, 11) is 1.36. The quantitative estimate of drug-likeness (QED) is 0.577. The summed E-state index contributed by atoms with van der Waals surface area (Å²) in [5.74, 6) is 0.165. The normalized spacial score (nSPS) is 10.7. The fraction of sp³-hybridized carbons (Fsp3) is 0.0769. The lowest BCUT2D eigenvalue weighted by Crippen LogP contribution is -2.25. The van der Waals surface area contributed by atoms with E-state index >= 15 is 0 Å². The Hall–Kier alpha value is -3.56. The predicted octanol–water partition coefficient (Wildman–Crippen LogP) is 1.84. The number of aromatic nitrogens is 4. The van der Waals surface area contributed by atoms with Crippen LogP contribution in [0.5, 0.6) is 0 Å². The molecular weight excluding hydrogens is 304 g/mol. The molecule has 1 aromatic carbocycles. The van der Waals surface area contributed by atoms with Gasteiger partial charge in [-0.3, -0.25) is 19.6 Å². The van der Waals surface area contributed by atoms with E-state index in [2.05, 4.69) is 15.0 Å². The van der Waals surface area contributed by atoms with Gasteiger partial charge in [-0.05, 0) is 12.1 Å². The monoisotopic (exact) mass is 314 g/mol. The van der Waals surface area contributed by atoms with Crippen LogP contribution in [-0.4, -0.2) is 42.7 Å². The SMILES string of the molecule is CN(C(=O)O)c1ncnc2ncn(-c3ccc([N+](=O)[O-])cc3)c12. The van der Waals surface area contributed by atoms with E-state index < -0.39 is 11.0 Å². The Bertz CT molecular complexity index is 904. The number of imidazole rings is 1. The van der Waals surface area contributed by atoms with Crippen molar-refractivity contribution in [2.45, 2.75) is 0 Å². The molecule has 23 heavy (non-hydrogen) atoms. The summed E-state index contributed by atoms with van der Waals surface area (Å²) in [6, 6.07) is 5.78. The Balaban J connectivity index is 2.18. The van der Waals surface area contributed by atoms with Gasteiger partial charge < -0.3 is 5.11 Å². The summed E-state index contributed by atoms with van der Waals surface area (Å²) in [5.41, 5.74) is 1.25. The minimum atomic E-state index is -1.18. The van der Waals surface area contributed by atoms with Crippen molar-refractivity contribution in [1.29, 1.82) is 0 Å². The van der Waals surface area contributed by atoms with Crippen molar-refractivity contribution in [3.63, 3.8) is 0 Å². The molecule has 10 heteroatoms. The molecule has 0 fully saturated rings. The van der Waals surface area contributed by atoms with Crippen molar-refractivity contribution in [3.8, 4) is 5.69 Å². The van der Waals surface area contributed by atoms with Gasteiger partial charge in [0.25, 0.3) is 5.69 Å². The average molecular weight is 314 g/mol. The third-order valence-electron chi connectivity index (χ3n) is 3.26. The number of hydrogen-bond acceptors (Lipinski definition) is 6. The van der Waals surface area contributed by atoms with Crippen LogP contribution < -0.4 is 4.90 Å². The lowest BCUT2D eigenvalue weighted by atomic mass is 10.3. The van der Waals surface area contributed by atoms with E-state index in [-0.39, 0.29) is 11.5 Å². The molecule has 10 nitrogen and oxygen atoms in total. The first-order valence-corrected chi connectivity index (χ1v) is 6.38. The number of amides is 1. The first kappa shape index (κ1) is 14.4. The lowest BCUT2D eigenvalue weighted by molar-refractivity contribution is -0.384. The van der Waals surface area contributed by atoms with Crippen molar-refractivity contribution in [1.82, 2.24) is 19.5 Å². The Morgan fingerprint density at radius 1 is 1.26 bits per heavy atom. The number of nitro groups is 1. The van der Waals surface area contributed by atoms with E-state index in [1.54, 1.807) is 4.57 Å². The summed E-state index contributed by atoms with van der Waals surface area (Å²) >= 11 is 0. The maximum Gasteiger partial charge on any atom is 0.412 e. The van der Waals surface area contributed by atoms with Crippen molar-refractivity contribution in [3.05, 3.63) is 47.0 Å².